The Morgan fingerprint density at radius 2 is 1.80 bits per heavy atom. The van der Waals surface area contributed by atoms with Gasteiger partial charge >= 0.3 is 0 Å². The number of fused-ring (bicyclic) bond motifs is 1. The van der Waals surface area contributed by atoms with Gasteiger partial charge in [0.2, 0.25) is 0 Å². The van der Waals surface area contributed by atoms with E-state index in [0.29, 0.717) is 36.9 Å². The standard InChI is InChI=1S/C13H6Cl4N2S/c1-5-4-20-11(9(5)16)13-18-10-7(12(17)19-13)2-6(14)3-8(10)15/h2-4H,1H3. The molecular formula is C13H6Cl4N2S. The third-order valence-electron chi connectivity index (χ3n) is 2.77. The molecule has 0 aliphatic heterocycles. The highest BCUT2D eigenvalue weighted by Gasteiger charge is 2.16. The van der Waals surface area contributed by atoms with E-state index in [9.17, 15) is 0 Å². The van der Waals surface area contributed by atoms with E-state index in [2.05, 4.69) is 9.97 Å². The number of thiophene rings is 1. The molecule has 2 aromatic heterocycles. The number of hydrogen-bond acceptors (Lipinski definition) is 3. The summed E-state index contributed by atoms with van der Waals surface area (Å²) in [6.07, 6.45) is 0. The molecule has 3 rings (SSSR count). The van der Waals surface area contributed by atoms with Gasteiger partial charge in [-0.25, -0.2) is 9.97 Å². The van der Waals surface area contributed by atoms with Crippen LogP contribution in [0.5, 0.6) is 0 Å². The molecule has 0 saturated carbocycles. The van der Waals surface area contributed by atoms with E-state index >= 15 is 0 Å². The Morgan fingerprint density at radius 1 is 1.05 bits per heavy atom. The Balaban J connectivity index is 2.32. The smallest absolute Gasteiger partial charge is 0.173 e. The molecule has 0 unspecified atom stereocenters. The number of benzene rings is 1. The third kappa shape index (κ3) is 2.38. The summed E-state index contributed by atoms with van der Waals surface area (Å²) >= 11 is 26.1. The summed E-state index contributed by atoms with van der Waals surface area (Å²) in [5.74, 6) is 0.467. The van der Waals surface area contributed by atoms with E-state index in [1.165, 1.54) is 11.3 Å². The molecule has 0 saturated heterocycles. The highest BCUT2D eigenvalue weighted by Crippen LogP contribution is 2.37. The topological polar surface area (TPSA) is 25.8 Å². The largest absolute Gasteiger partial charge is 0.226 e. The minimum Gasteiger partial charge on any atom is -0.226 e. The van der Waals surface area contributed by atoms with Gasteiger partial charge < -0.3 is 0 Å². The van der Waals surface area contributed by atoms with Gasteiger partial charge in [-0.15, -0.1) is 11.3 Å². The lowest BCUT2D eigenvalue weighted by atomic mass is 10.2. The molecule has 102 valence electrons. The molecule has 20 heavy (non-hydrogen) atoms. The van der Waals surface area contributed by atoms with Crippen molar-refractivity contribution in [2.75, 3.05) is 0 Å². The van der Waals surface area contributed by atoms with E-state index in [4.69, 9.17) is 46.4 Å². The van der Waals surface area contributed by atoms with Crippen LogP contribution in [0, 0.1) is 6.92 Å². The van der Waals surface area contributed by atoms with Crippen LogP contribution < -0.4 is 0 Å². The lowest BCUT2D eigenvalue weighted by Gasteiger charge is -2.06. The molecule has 0 radical (unpaired) electrons. The average molecular weight is 364 g/mol. The Kier molecular flexibility index (Phi) is 3.82. The lowest BCUT2D eigenvalue weighted by Crippen LogP contribution is -1.92. The predicted molar refractivity (Wildman–Crippen MR) is 87.6 cm³/mol. The Morgan fingerprint density at radius 3 is 2.45 bits per heavy atom. The maximum absolute atomic E-state index is 6.25. The summed E-state index contributed by atoms with van der Waals surface area (Å²) in [6, 6.07) is 3.32. The Labute approximate surface area is 139 Å². The van der Waals surface area contributed by atoms with Crippen LogP contribution in [0.2, 0.25) is 20.2 Å². The van der Waals surface area contributed by atoms with Crippen molar-refractivity contribution in [2.24, 2.45) is 0 Å². The highest BCUT2D eigenvalue weighted by molar-refractivity contribution is 7.14. The Hall–Kier alpha value is -0.580. The van der Waals surface area contributed by atoms with Crippen molar-refractivity contribution in [3.63, 3.8) is 0 Å². The van der Waals surface area contributed by atoms with Crippen LogP contribution >= 0.6 is 57.7 Å². The summed E-state index contributed by atoms with van der Waals surface area (Å²) in [6.45, 7) is 1.93. The second-order valence-electron chi connectivity index (χ2n) is 4.18. The molecule has 0 amide bonds. The third-order valence-corrected chi connectivity index (χ3v) is 5.26. The molecule has 0 bridgehead atoms. The monoisotopic (exact) mass is 362 g/mol. The van der Waals surface area contributed by atoms with Gasteiger partial charge in [-0.3, -0.25) is 0 Å². The molecule has 0 spiro atoms. The van der Waals surface area contributed by atoms with E-state index in [-0.39, 0.29) is 0 Å². The van der Waals surface area contributed by atoms with Gasteiger partial charge in [-0.05, 0) is 30.0 Å². The van der Waals surface area contributed by atoms with Gasteiger partial charge in [0.1, 0.15) is 5.15 Å². The van der Waals surface area contributed by atoms with Crippen LogP contribution in [0.15, 0.2) is 17.5 Å². The molecule has 2 nitrogen and oxygen atoms in total. The van der Waals surface area contributed by atoms with Gasteiger partial charge in [0.25, 0.3) is 0 Å². The molecule has 3 aromatic rings. The normalized spacial score (nSPS) is 11.2. The molecule has 0 fully saturated rings. The fraction of sp³-hybridized carbons (Fsp3) is 0.0769. The first kappa shape index (κ1) is 14.4. The SMILES string of the molecule is Cc1csc(-c2nc(Cl)c3cc(Cl)cc(Cl)c3n2)c1Cl. The van der Waals surface area contributed by atoms with Crippen molar-refractivity contribution in [1.82, 2.24) is 9.97 Å². The van der Waals surface area contributed by atoms with E-state index in [1.807, 2.05) is 12.3 Å². The highest BCUT2D eigenvalue weighted by atomic mass is 35.5. The van der Waals surface area contributed by atoms with E-state index in [1.54, 1.807) is 12.1 Å². The quantitative estimate of drug-likeness (QED) is 0.475. The van der Waals surface area contributed by atoms with Gasteiger partial charge in [0.15, 0.2) is 5.82 Å². The van der Waals surface area contributed by atoms with Crippen LogP contribution in [0.25, 0.3) is 21.6 Å². The van der Waals surface area contributed by atoms with Crippen molar-refractivity contribution in [3.05, 3.63) is 43.3 Å². The summed E-state index contributed by atoms with van der Waals surface area (Å²) in [4.78, 5) is 9.53. The Bertz CT molecular complexity index is 829. The van der Waals surface area contributed by atoms with E-state index < -0.39 is 0 Å². The first-order valence-corrected chi connectivity index (χ1v) is 7.93. The zero-order chi connectivity index (χ0) is 14.4. The number of halogens is 4. The number of aromatic nitrogens is 2. The predicted octanol–water partition coefficient (Wildman–Crippen LogP) is 6.28. The van der Waals surface area contributed by atoms with E-state index in [0.717, 1.165) is 10.4 Å². The molecular weight excluding hydrogens is 358 g/mol. The zero-order valence-electron chi connectivity index (χ0n) is 10.0. The summed E-state index contributed by atoms with van der Waals surface area (Å²) in [5, 5.41) is 4.43. The van der Waals surface area contributed by atoms with Crippen molar-refractivity contribution in [3.8, 4) is 10.7 Å². The molecule has 1 aromatic carbocycles. The maximum atomic E-state index is 6.25. The fourth-order valence-electron chi connectivity index (χ4n) is 1.80. The number of hydrogen-bond donors (Lipinski definition) is 0. The molecule has 2 heterocycles. The number of rotatable bonds is 1. The minimum atomic E-state index is 0.302. The van der Waals surface area contributed by atoms with Crippen molar-refractivity contribution >= 4 is 68.6 Å². The van der Waals surface area contributed by atoms with Crippen molar-refractivity contribution < 1.29 is 0 Å². The molecule has 0 aliphatic rings. The zero-order valence-corrected chi connectivity index (χ0v) is 13.9. The summed E-state index contributed by atoms with van der Waals surface area (Å²) < 4.78 is 0. The van der Waals surface area contributed by atoms with Crippen molar-refractivity contribution in [1.29, 1.82) is 0 Å². The van der Waals surface area contributed by atoms with Gasteiger partial charge in [-0.2, -0.15) is 0 Å². The van der Waals surface area contributed by atoms with Crippen LogP contribution in [-0.4, -0.2) is 9.97 Å². The van der Waals surface area contributed by atoms with Gasteiger partial charge in [0.05, 0.1) is 20.4 Å². The molecule has 0 atom stereocenters. The minimum absolute atomic E-state index is 0.302. The van der Waals surface area contributed by atoms with Crippen molar-refractivity contribution in [2.45, 2.75) is 6.92 Å². The van der Waals surface area contributed by atoms with Crippen LogP contribution in [-0.2, 0) is 0 Å². The van der Waals surface area contributed by atoms with Gasteiger partial charge in [-0.1, -0.05) is 46.4 Å². The first-order valence-electron chi connectivity index (χ1n) is 5.53. The number of aryl methyl sites for hydroxylation is 1. The fourth-order valence-corrected chi connectivity index (χ4v) is 3.77. The van der Waals surface area contributed by atoms with Crippen LogP contribution in [0.4, 0.5) is 0 Å². The summed E-state index contributed by atoms with van der Waals surface area (Å²) in [5.41, 5.74) is 1.54. The second kappa shape index (κ2) is 5.32. The summed E-state index contributed by atoms with van der Waals surface area (Å²) in [7, 11) is 0. The van der Waals surface area contributed by atoms with Crippen LogP contribution in [0.1, 0.15) is 5.56 Å². The lowest BCUT2D eigenvalue weighted by molar-refractivity contribution is 1.24. The average Bonchev–Trinajstić information content (AvgIpc) is 2.71. The molecule has 0 aliphatic carbocycles. The van der Waals surface area contributed by atoms with Gasteiger partial charge in [0, 0.05) is 10.4 Å². The van der Waals surface area contributed by atoms with Crippen LogP contribution in [0.3, 0.4) is 0 Å². The second-order valence-corrected chi connectivity index (χ2v) is 6.64. The first-order chi connectivity index (χ1) is 9.47. The maximum Gasteiger partial charge on any atom is 0.173 e. The number of nitrogens with zero attached hydrogens (tertiary/aromatic N) is 2. The molecule has 7 heteroatoms. The molecule has 0 N–H and O–H groups in total.